The molecule has 1 aliphatic carbocycles. The summed E-state index contributed by atoms with van der Waals surface area (Å²) < 4.78 is 11.4. The zero-order valence-electron chi connectivity index (χ0n) is 50.7. The Labute approximate surface area is 560 Å². The van der Waals surface area contributed by atoms with E-state index in [9.17, 15) is 53.7 Å². The van der Waals surface area contributed by atoms with Crippen LogP contribution in [-0.2, 0) is 30.5 Å². The number of hydrogen-bond acceptors (Lipinski definition) is 25. The van der Waals surface area contributed by atoms with Crippen molar-refractivity contribution in [3.05, 3.63) is 135 Å². The zero-order chi connectivity index (χ0) is 66.5. The number of Topliss-reactive ketones (excluding diaryl/α,β-unsaturated/α-hetero) is 1. The van der Waals surface area contributed by atoms with Gasteiger partial charge >= 0.3 is 18.0 Å². The summed E-state index contributed by atoms with van der Waals surface area (Å²) in [5.74, 6) is -6.08. The Balaban J connectivity index is 0.987. The number of nitrogens with one attached hydrogen (secondary N) is 4. The molecule has 1 aliphatic heterocycles. The van der Waals surface area contributed by atoms with Gasteiger partial charge in [0.1, 0.15) is 83.1 Å². The number of methoxy groups -OCH3 is 1. The van der Waals surface area contributed by atoms with Gasteiger partial charge in [0.05, 0.1) is 59.0 Å². The number of carboxylic acids is 2. The van der Waals surface area contributed by atoms with Crippen molar-refractivity contribution < 1.29 is 63.1 Å². The molecule has 0 radical (unpaired) electrons. The van der Waals surface area contributed by atoms with Gasteiger partial charge in [0.25, 0.3) is 11.8 Å². The number of aromatic carboxylic acids is 1. The predicted octanol–water partition coefficient (Wildman–Crippen LogP) is 10.2. The van der Waals surface area contributed by atoms with Gasteiger partial charge in [-0.05, 0) is 68.4 Å². The van der Waals surface area contributed by atoms with E-state index in [1.54, 1.807) is 70.9 Å². The number of hydrogen-bond donors (Lipinski definition) is 7. The van der Waals surface area contributed by atoms with E-state index >= 15 is 0 Å². The number of thiazole rings is 6. The highest BCUT2D eigenvalue weighted by Crippen LogP contribution is 2.42. The molecule has 26 nitrogen and oxygen atoms in total. The fourth-order valence-electron chi connectivity index (χ4n) is 10.5. The molecule has 4 atom stereocenters. The first kappa shape index (κ1) is 66.4. The molecule has 94 heavy (non-hydrogen) atoms. The Hall–Kier alpha value is -9.02. The van der Waals surface area contributed by atoms with E-state index in [1.807, 2.05) is 13.8 Å². The topological polar surface area (TPSA) is 370 Å². The maximum absolute atomic E-state index is 14.5. The highest BCUT2D eigenvalue weighted by Gasteiger charge is 2.35. The van der Waals surface area contributed by atoms with Crippen molar-refractivity contribution in [2.75, 3.05) is 25.6 Å². The molecule has 1 unspecified atom stereocenters. The molecule has 2 aliphatic rings. The summed E-state index contributed by atoms with van der Waals surface area (Å²) in [7, 11) is 2.94. The van der Waals surface area contributed by atoms with Gasteiger partial charge in [0.15, 0.2) is 11.6 Å². The zero-order valence-corrected chi connectivity index (χ0v) is 55.6. The summed E-state index contributed by atoms with van der Waals surface area (Å²) in [6.07, 6.45) is -0.657. The van der Waals surface area contributed by atoms with E-state index in [1.165, 1.54) is 55.2 Å². The molecule has 1 aromatic carbocycles. The predicted molar refractivity (Wildman–Crippen MR) is 352 cm³/mol. The van der Waals surface area contributed by atoms with Crippen LogP contribution in [0, 0.1) is 18.8 Å². The number of aliphatic hydroxyl groups excluding tert-OH is 1. The number of nitrogens with zero attached hydrogens (tertiary/aromatic N) is 9. The summed E-state index contributed by atoms with van der Waals surface area (Å²) in [5, 5.41) is 51.1. The smallest absolute Gasteiger partial charge is 0.420 e. The third-order valence-electron chi connectivity index (χ3n) is 15.5. The first-order chi connectivity index (χ1) is 45.2. The number of aryl methyl sites for hydroxylation is 1. The molecule has 9 heterocycles. The van der Waals surface area contributed by atoms with Crippen LogP contribution in [0.25, 0.3) is 43.4 Å². The molecule has 5 amide bonds. The van der Waals surface area contributed by atoms with Gasteiger partial charge in [-0.2, -0.15) is 0 Å². The standard InChI is InChI=1S/C62H59N13O13S6/c1-28(2)35-19-42(76)47-29(3)93-58(73-47)38(20-45(77)63-4)67-52(80)40-25-89-54(69-40)34-16-18-36(56-71-44(27-92-56)75(32-13-17-37(61(84)85)64-21-32)62(86)88-33-14-11-31(12-15-33)60(82)83)66-48(34)39-24-90-57(68-39)41-26-91-59(70-41)50(51(79)30-9-7-6-8-10-30)72-46(78)22-65-53(81)49-43(23-87-5)94-55(35)74-49/h6-10,13,16-18,21,24-28,31,33,35,38,50-51,79H,11-12,14-15,19-20,22-23H2,1-5H3,(H,63,77)(H,65,81)(H,67,80)(H,72,78)(H,82,83)(H,84,85)/t31?,33?,35?,38-,50-,51-/m0/s1. The molecule has 486 valence electrons. The molecule has 32 heteroatoms. The number of aromatic nitrogens is 8. The molecule has 11 rings (SSSR count). The lowest BCUT2D eigenvalue weighted by Crippen LogP contribution is -2.40. The minimum atomic E-state index is -1.31. The number of rotatable bonds is 13. The van der Waals surface area contributed by atoms with Crippen LogP contribution in [0.3, 0.4) is 0 Å². The van der Waals surface area contributed by atoms with E-state index in [0.717, 1.165) is 50.2 Å². The third kappa shape index (κ3) is 14.8. The fourth-order valence-corrected chi connectivity index (χ4v) is 16.1. The molecule has 1 fully saturated rings. The van der Waals surface area contributed by atoms with Gasteiger partial charge in [0.2, 0.25) is 11.8 Å². The monoisotopic (exact) mass is 1390 g/mol. The Morgan fingerprint density at radius 1 is 0.723 bits per heavy atom. The molecule has 0 spiro atoms. The maximum atomic E-state index is 14.5. The van der Waals surface area contributed by atoms with Crippen molar-refractivity contribution >= 4 is 127 Å². The van der Waals surface area contributed by atoms with E-state index < -0.39 is 84.3 Å². The van der Waals surface area contributed by atoms with E-state index in [0.29, 0.717) is 93.7 Å². The second-order valence-electron chi connectivity index (χ2n) is 22.2. The number of ether oxygens (including phenoxy) is 2. The molecular weight excluding hydrogens is 1330 g/mol. The maximum Gasteiger partial charge on any atom is 0.420 e. The van der Waals surface area contributed by atoms with Gasteiger partial charge in [-0.25, -0.2) is 54.4 Å². The molecule has 10 bridgehead atoms. The summed E-state index contributed by atoms with van der Waals surface area (Å²) in [5.41, 5.74) is 2.22. The summed E-state index contributed by atoms with van der Waals surface area (Å²) in [6.45, 7) is 5.07. The number of carbonyl (C=O) groups excluding carboxylic acids is 6. The lowest BCUT2D eigenvalue weighted by molar-refractivity contribution is -0.143. The molecule has 8 aromatic heterocycles. The number of fused-ring (bicyclic) bond motifs is 14. The number of ketones is 1. The van der Waals surface area contributed by atoms with E-state index in [-0.39, 0.29) is 71.1 Å². The normalized spacial score (nSPS) is 18.3. The minimum absolute atomic E-state index is 0.00826. The van der Waals surface area contributed by atoms with Crippen LogP contribution in [0.1, 0.15) is 149 Å². The van der Waals surface area contributed by atoms with Gasteiger partial charge in [-0.15, -0.1) is 68.0 Å². The Morgan fingerprint density at radius 2 is 1.44 bits per heavy atom. The van der Waals surface area contributed by atoms with Crippen LogP contribution in [0.15, 0.2) is 82.3 Å². The van der Waals surface area contributed by atoms with Crippen molar-refractivity contribution in [3.63, 3.8) is 0 Å². The lowest BCUT2D eigenvalue weighted by atomic mass is 9.87. The number of aliphatic hydroxyl groups is 1. The highest BCUT2D eigenvalue weighted by atomic mass is 32.1. The average Bonchev–Trinajstić information content (AvgIpc) is 1.73. The molecule has 9 aromatic rings. The summed E-state index contributed by atoms with van der Waals surface area (Å²) in [4.78, 5) is 148. The first-order valence-electron chi connectivity index (χ1n) is 29.3. The number of amides is 5. The van der Waals surface area contributed by atoms with Crippen LogP contribution in [-0.4, -0.2) is 129 Å². The van der Waals surface area contributed by atoms with Crippen LogP contribution >= 0.6 is 68.0 Å². The Kier molecular flexibility index (Phi) is 20.6. The number of carbonyl (C=O) groups is 8. The molecule has 0 saturated heterocycles. The third-order valence-corrected chi connectivity index (χ3v) is 21.3. The lowest BCUT2D eigenvalue weighted by Gasteiger charge is -2.28. The second kappa shape index (κ2) is 29.1. The van der Waals surface area contributed by atoms with Crippen LogP contribution in [0.4, 0.5) is 16.3 Å². The van der Waals surface area contributed by atoms with Gasteiger partial charge in [0, 0.05) is 58.5 Å². The van der Waals surface area contributed by atoms with Crippen molar-refractivity contribution in [3.8, 4) is 43.4 Å². The van der Waals surface area contributed by atoms with Crippen LogP contribution in [0.2, 0.25) is 0 Å². The van der Waals surface area contributed by atoms with Crippen molar-refractivity contribution in [1.29, 1.82) is 0 Å². The van der Waals surface area contributed by atoms with Crippen LogP contribution < -0.4 is 26.2 Å². The Morgan fingerprint density at radius 3 is 2.15 bits per heavy atom. The fraction of sp³-hybridized carbons (Fsp3) is 0.323. The molecular formula is C62H59N13O13S6. The number of aliphatic carboxylic acids is 1. The van der Waals surface area contributed by atoms with Gasteiger partial charge in [-0.1, -0.05) is 44.2 Å². The summed E-state index contributed by atoms with van der Waals surface area (Å²) >= 11 is 7.01. The summed E-state index contributed by atoms with van der Waals surface area (Å²) in [6, 6.07) is 12.6. The van der Waals surface area contributed by atoms with E-state index in [4.69, 9.17) is 44.4 Å². The molecule has 1 saturated carbocycles. The van der Waals surface area contributed by atoms with Gasteiger partial charge < -0.3 is 46.1 Å². The highest BCUT2D eigenvalue weighted by molar-refractivity contribution is 7.15. The number of pyridine rings is 2. The average molecular weight is 1390 g/mol. The van der Waals surface area contributed by atoms with Crippen molar-refractivity contribution in [2.24, 2.45) is 11.8 Å². The van der Waals surface area contributed by atoms with Crippen LogP contribution in [0.5, 0.6) is 0 Å². The van der Waals surface area contributed by atoms with Gasteiger partial charge in [-0.3, -0.25) is 28.8 Å². The minimum Gasteiger partial charge on any atom is -0.481 e. The number of benzene rings is 1. The molecule has 7 N–H and O–H groups in total. The SMILES string of the molecule is CNC(=O)C[C@@H]1NC(=O)c2csc(n2)-c2ccc(-c3nc(N(C(=O)OC4CCC(C(=O)O)CC4)c4ccc(C(=O)O)nc4)cs3)nc2-c2csc(n2)-c2csc(n2)[C@H]([C@@H](O)c2ccccc2)NC(=O)CNC(=O)c2nc(sc2COC)C(C(C)C)CC(=O)c2nc1sc2C. The Bertz CT molecular complexity index is 4330. The number of anilines is 2. The van der Waals surface area contributed by atoms with Crippen molar-refractivity contribution in [2.45, 2.75) is 96.1 Å². The van der Waals surface area contributed by atoms with Crippen molar-refractivity contribution in [1.82, 2.24) is 61.1 Å². The quantitative estimate of drug-likeness (QED) is 0.0564. The second-order valence-corrected chi connectivity index (χ2v) is 28.0. The largest absolute Gasteiger partial charge is 0.481 e. The number of carboxylic acid groups (broad SMARTS) is 2. The van der Waals surface area contributed by atoms with E-state index in [2.05, 4.69) is 26.3 Å². The first-order valence-corrected chi connectivity index (χ1v) is 34.5.